The molecule has 0 aliphatic heterocycles. The molecule has 3 nitrogen and oxygen atoms in total. The zero-order valence-electron chi connectivity index (χ0n) is 11.1. The third-order valence-corrected chi connectivity index (χ3v) is 2.80. The topological polar surface area (TPSA) is 52.5 Å². The quantitative estimate of drug-likeness (QED) is 0.705. The van der Waals surface area contributed by atoms with Crippen LogP contribution in [0.5, 0.6) is 11.5 Å². The Kier molecular flexibility index (Phi) is 4.40. The van der Waals surface area contributed by atoms with Crippen molar-refractivity contribution in [1.82, 2.24) is 5.32 Å². The third-order valence-electron chi connectivity index (χ3n) is 2.80. The molecule has 0 radical (unpaired) electrons. The summed E-state index contributed by atoms with van der Waals surface area (Å²) in [6.45, 7) is 9.47. The van der Waals surface area contributed by atoms with Gasteiger partial charge in [0.1, 0.15) is 11.5 Å². The summed E-state index contributed by atoms with van der Waals surface area (Å²) in [6.07, 6.45) is 1.07. The SMILES string of the molecule is CC(NCCC(C)(C)C)c1cc(O)ccc1O. The van der Waals surface area contributed by atoms with Gasteiger partial charge < -0.3 is 15.5 Å². The molecule has 17 heavy (non-hydrogen) atoms. The minimum absolute atomic E-state index is 0.0319. The lowest BCUT2D eigenvalue weighted by Gasteiger charge is -2.21. The fourth-order valence-electron chi connectivity index (χ4n) is 1.66. The molecule has 96 valence electrons. The molecule has 1 aromatic rings. The second-order valence-corrected chi connectivity index (χ2v) is 5.73. The second-order valence-electron chi connectivity index (χ2n) is 5.73. The molecule has 0 heterocycles. The summed E-state index contributed by atoms with van der Waals surface area (Å²) in [7, 11) is 0. The van der Waals surface area contributed by atoms with Gasteiger partial charge in [0.15, 0.2) is 0 Å². The van der Waals surface area contributed by atoms with Crippen LogP contribution in [0, 0.1) is 5.41 Å². The van der Waals surface area contributed by atoms with Crippen molar-refractivity contribution in [1.29, 1.82) is 0 Å². The zero-order valence-corrected chi connectivity index (χ0v) is 11.1. The van der Waals surface area contributed by atoms with Crippen molar-refractivity contribution in [2.24, 2.45) is 5.41 Å². The molecular formula is C14H23NO2. The molecule has 0 saturated heterocycles. The molecule has 3 N–H and O–H groups in total. The Hall–Kier alpha value is -1.22. The number of hydrogen-bond donors (Lipinski definition) is 3. The summed E-state index contributed by atoms with van der Waals surface area (Å²) in [5.74, 6) is 0.404. The van der Waals surface area contributed by atoms with Gasteiger partial charge in [-0.2, -0.15) is 0 Å². The highest BCUT2D eigenvalue weighted by atomic mass is 16.3. The van der Waals surface area contributed by atoms with Gasteiger partial charge in [0.05, 0.1) is 0 Å². The summed E-state index contributed by atoms with van der Waals surface area (Å²) in [6, 6.07) is 4.64. The zero-order chi connectivity index (χ0) is 13.1. The van der Waals surface area contributed by atoms with Gasteiger partial charge in [-0.25, -0.2) is 0 Å². The maximum atomic E-state index is 9.71. The summed E-state index contributed by atoms with van der Waals surface area (Å²) in [5, 5.41) is 22.5. The van der Waals surface area contributed by atoms with Crippen LogP contribution in [0.25, 0.3) is 0 Å². The summed E-state index contributed by atoms with van der Waals surface area (Å²) >= 11 is 0. The number of benzene rings is 1. The smallest absolute Gasteiger partial charge is 0.120 e. The first-order valence-electron chi connectivity index (χ1n) is 6.05. The van der Waals surface area contributed by atoms with Gasteiger partial charge in [-0.1, -0.05) is 20.8 Å². The van der Waals surface area contributed by atoms with Crippen molar-refractivity contribution in [2.75, 3.05) is 6.54 Å². The van der Waals surface area contributed by atoms with Crippen LogP contribution in [0.3, 0.4) is 0 Å². The van der Waals surface area contributed by atoms with Crippen LogP contribution in [0.1, 0.15) is 45.7 Å². The normalized spacial score (nSPS) is 13.6. The van der Waals surface area contributed by atoms with E-state index in [0.29, 0.717) is 5.41 Å². The Bertz CT molecular complexity index is 369. The minimum atomic E-state index is 0.0319. The van der Waals surface area contributed by atoms with Crippen LogP contribution in [0.15, 0.2) is 18.2 Å². The number of hydrogen-bond acceptors (Lipinski definition) is 3. The summed E-state index contributed by atoms with van der Waals surface area (Å²) in [4.78, 5) is 0. The van der Waals surface area contributed by atoms with E-state index in [2.05, 4.69) is 26.1 Å². The van der Waals surface area contributed by atoms with E-state index in [9.17, 15) is 10.2 Å². The minimum Gasteiger partial charge on any atom is -0.508 e. The standard InChI is InChI=1S/C14H23NO2/c1-10(15-8-7-14(2,3)4)12-9-11(16)5-6-13(12)17/h5-6,9-10,15-17H,7-8H2,1-4H3. The lowest BCUT2D eigenvalue weighted by Crippen LogP contribution is -2.23. The lowest BCUT2D eigenvalue weighted by atomic mass is 9.92. The molecule has 1 unspecified atom stereocenters. The highest BCUT2D eigenvalue weighted by molar-refractivity contribution is 5.40. The number of rotatable bonds is 4. The fraction of sp³-hybridized carbons (Fsp3) is 0.571. The number of phenols is 2. The van der Waals surface area contributed by atoms with Crippen molar-refractivity contribution in [2.45, 2.75) is 40.2 Å². The van der Waals surface area contributed by atoms with Crippen molar-refractivity contribution in [3.05, 3.63) is 23.8 Å². The predicted molar refractivity (Wildman–Crippen MR) is 70.3 cm³/mol. The van der Waals surface area contributed by atoms with Gasteiger partial charge in [-0.3, -0.25) is 0 Å². The molecule has 1 atom stereocenters. The highest BCUT2D eigenvalue weighted by Crippen LogP contribution is 2.28. The van der Waals surface area contributed by atoms with E-state index in [0.717, 1.165) is 18.5 Å². The Labute approximate surface area is 103 Å². The molecule has 0 aliphatic rings. The predicted octanol–water partition coefficient (Wildman–Crippen LogP) is 3.18. The summed E-state index contributed by atoms with van der Waals surface area (Å²) < 4.78 is 0. The largest absolute Gasteiger partial charge is 0.508 e. The van der Waals surface area contributed by atoms with Gasteiger partial charge in [0.25, 0.3) is 0 Å². The molecular weight excluding hydrogens is 214 g/mol. The van der Waals surface area contributed by atoms with E-state index in [1.807, 2.05) is 6.92 Å². The second kappa shape index (κ2) is 5.41. The average Bonchev–Trinajstić information content (AvgIpc) is 2.19. The molecule has 3 heteroatoms. The first-order valence-corrected chi connectivity index (χ1v) is 6.05. The van der Waals surface area contributed by atoms with Crippen LogP contribution in [0.2, 0.25) is 0 Å². The van der Waals surface area contributed by atoms with Crippen LogP contribution in [0.4, 0.5) is 0 Å². The first kappa shape index (κ1) is 13.8. The van der Waals surface area contributed by atoms with E-state index < -0.39 is 0 Å². The van der Waals surface area contributed by atoms with E-state index >= 15 is 0 Å². The van der Waals surface area contributed by atoms with Gasteiger partial charge in [0, 0.05) is 11.6 Å². The molecule has 0 fully saturated rings. The van der Waals surface area contributed by atoms with E-state index in [1.165, 1.54) is 12.1 Å². The Balaban J connectivity index is 2.58. The van der Waals surface area contributed by atoms with Gasteiger partial charge in [0.2, 0.25) is 0 Å². The van der Waals surface area contributed by atoms with E-state index in [1.54, 1.807) is 6.07 Å². The van der Waals surface area contributed by atoms with E-state index in [-0.39, 0.29) is 17.5 Å². The fourth-order valence-corrected chi connectivity index (χ4v) is 1.66. The number of aromatic hydroxyl groups is 2. The van der Waals surface area contributed by atoms with Gasteiger partial charge in [-0.05, 0) is 43.5 Å². The summed E-state index contributed by atoms with van der Waals surface area (Å²) in [5.41, 5.74) is 1.03. The van der Waals surface area contributed by atoms with Gasteiger partial charge >= 0.3 is 0 Å². The monoisotopic (exact) mass is 237 g/mol. The molecule has 0 spiro atoms. The van der Waals surface area contributed by atoms with Crippen LogP contribution in [-0.4, -0.2) is 16.8 Å². The molecule has 1 rings (SSSR count). The van der Waals surface area contributed by atoms with Crippen LogP contribution < -0.4 is 5.32 Å². The Morgan fingerprint density at radius 2 is 1.88 bits per heavy atom. The Morgan fingerprint density at radius 3 is 2.47 bits per heavy atom. The van der Waals surface area contributed by atoms with Gasteiger partial charge in [-0.15, -0.1) is 0 Å². The maximum absolute atomic E-state index is 9.71. The molecule has 0 amide bonds. The maximum Gasteiger partial charge on any atom is 0.120 e. The molecule has 0 aromatic heterocycles. The first-order chi connectivity index (χ1) is 7.79. The van der Waals surface area contributed by atoms with Crippen molar-refractivity contribution in [3.63, 3.8) is 0 Å². The number of phenolic OH excluding ortho intramolecular Hbond substituents is 2. The highest BCUT2D eigenvalue weighted by Gasteiger charge is 2.13. The van der Waals surface area contributed by atoms with Crippen molar-refractivity contribution in [3.8, 4) is 11.5 Å². The van der Waals surface area contributed by atoms with Crippen LogP contribution in [-0.2, 0) is 0 Å². The van der Waals surface area contributed by atoms with Crippen molar-refractivity contribution < 1.29 is 10.2 Å². The number of nitrogens with one attached hydrogen (secondary N) is 1. The van der Waals surface area contributed by atoms with E-state index in [4.69, 9.17) is 0 Å². The Morgan fingerprint density at radius 1 is 1.24 bits per heavy atom. The molecule has 0 bridgehead atoms. The molecule has 1 aromatic carbocycles. The lowest BCUT2D eigenvalue weighted by molar-refractivity contribution is 0.355. The average molecular weight is 237 g/mol. The molecule has 0 saturated carbocycles. The molecule has 0 aliphatic carbocycles. The third kappa shape index (κ3) is 4.65. The van der Waals surface area contributed by atoms with Crippen LogP contribution >= 0.6 is 0 Å². The van der Waals surface area contributed by atoms with Crippen molar-refractivity contribution >= 4 is 0 Å².